The number of hydrogen-bond donors (Lipinski definition) is 1. The van der Waals surface area contributed by atoms with Crippen LogP contribution in [0.1, 0.15) is 25.6 Å². The van der Waals surface area contributed by atoms with Crippen molar-refractivity contribution in [3.8, 4) is 16.5 Å². The van der Waals surface area contributed by atoms with E-state index >= 15 is 0 Å². The largest absolute Gasteiger partial charge is 0.497 e. The van der Waals surface area contributed by atoms with E-state index in [2.05, 4.69) is 23.4 Å². The predicted molar refractivity (Wildman–Crippen MR) is 86.9 cm³/mol. The van der Waals surface area contributed by atoms with Gasteiger partial charge in [-0.1, -0.05) is 11.3 Å². The summed E-state index contributed by atoms with van der Waals surface area (Å²) in [6.45, 7) is 6.26. The van der Waals surface area contributed by atoms with Gasteiger partial charge in [-0.3, -0.25) is 0 Å². The van der Waals surface area contributed by atoms with Crippen LogP contribution in [0, 0.1) is 6.92 Å². The van der Waals surface area contributed by atoms with E-state index in [9.17, 15) is 0 Å². The number of rotatable bonds is 3. The van der Waals surface area contributed by atoms with Gasteiger partial charge in [0, 0.05) is 12.1 Å². The number of aromatic nitrogens is 3. The summed E-state index contributed by atoms with van der Waals surface area (Å²) in [6.07, 6.45) is 0. The first-order chi connectivity index (χ1) is 10.0. The Labute approximate surface area is 127 Å². The molecule has 0 atom stereocenters. The van der Waals surface area contributed by atoms with Gasteiger partial charge in [-0.05, 0) is 32.9 Å². The smallest absolute Gasteiger partial charge is 0.180 e. The molecule has 0 fully saturated rings. The predicted octanol–water partition coefficient (Wildman–Crippen LogP) is 3.64. The molecular weight excluding hydrogens is 284 g/mol. The Morgan fingerprint density at radius 2 is 2.05 bits per heavy atom. The average molecular weight is 302 g/mol. The Bertz CT molecular complexity index is 803. The van der Waals surface area contributed by atoms with Crippen molar-refractivity contribution in [1.29, 1.82) is 0 Å². The lowest BCUT2D eigenvalue weighted by atomic mass is 10.2. The summed E-state index contributed by atoms with van der Waals surface area (Å²) in [5, 5.41) is 0.572. The van der Waals surface area contributed by atoms with Gasteiger partial charge in [-0.15, -0.1) is 0 Å². The molecule has 2 heterocycles. The topological polar surface area (TPSA) is 66.0 Å². The molecule has 0 spiro atoms. The van der Waals surface area contributed by atoms with Crippen LogP contribution in [0.15, 0.2) is 18.2 Å². The highest BCUT2D eigenvalue weighted by atomic mass is 32.1. The second-order valence-corrected chi connectivity index (χ2v) is 6.25. The Morgan fingerprint density at radius 1 is 1.29 bits per heavy atom. The second-order valence-electron chi connectivity index (χ2n) is 5.22. The fourth-order valence-corrected chi connectivity index (χ4v) is 3.33. The molecule has 2 N–H and O–H groups in total. The van der Waals surface area contributed by atoms with Gasteiger partial charge < -0.3 is 15.0 Å². The fraction of sp³-hybridized carbons (Fsp3) is 0.333. The molecule has 21 heavy (non-hydrogen) atoms. The number of fused-ring (bicyclic) bond motifs is 1. The highest BCUT2D eigenvalue weighted by molar-refractivity contribution is 7.18. The maximum atomic E-state index is 5.83. The lowest BCUT2D eigenvalue weighted by molar-refractivity contribution is 0.415. The third kappa shape index (κ3) is 2.25. The molecule has 0 aliphatic carbocycles. The summed E-state index contributed by atoms with van der Waals surface area (Å²) < 4.78 is 7.50. The first-order valence-corrected chi connectivity index (χ1v) is 7.62. The van der Waals surface area contributed by atoms with Crippen molar-refractivity contribution in [2.45, 2.75) is 26.8 Å². The zero-order valence-electron chi connectivity index (χ0n) is 12.5. The normalized spacial score (nSPS) is 11.5. The maximum absolute atomic E-state index is 5.83. The number of hydrogen-bond acceptors (Lipinski definition) is 5. The van der Waals surface area contributed by atoms with Crippen molar-refractivity contribution in [2.24, 2.45) is 0 Å². The van der Waals surface area contributed by atoms with Crippen LogP contribution in [0.5, 0.6) is 5.75 Å². The Morgan fingerprint density at radius 3 is 2.62 bits per heavy atom. The van der Waals surface area contributed by atoms with Crippen molar-refractivity contribution < 1.29 is 4.74 Å². The summed E-state index contributed by atoms with van der Waals surface area (Å²) in [6, 6.07) is 6.25. The highest BCUT2D eigenvalue weighted by Gasteiger charge is 2.19. The highest BCUT2D eigenvalue weighted by Crippen LogP contribution is 2.35. The monoisotopic (exact) mass is 302 g/mol. The molecule has 0 aliphatic rings. The number of anilines is 1. The summed E-state index contributed by atoms with van der Waals surface area (Å²) in [5.41, 5.74) is 8.76. The molecule has 3 aromatic rings. The number of imidazole rings is 1. The van der Waals surface area contributed by atoms with Crippen LogP contribution in [0.2, 0.25) is 0 Å². The van der Waals surface area contributed by atoms with Crippen molar-refractivity contribution >= 4 is 27.5 Å². The number of nitrogen functional groups attached to an aromatic ring is 1. The number of methoxy groups -OCH3 is 1. The van der Waals surface area contributed by atoms with Crippen LogP contribution in [-0.4, -0.2) is 21.6 Å². The van der Waals surface area contributed by atoms with Crippen molar-refractivity contribution in [3.05, 3.63) is 23.9 Å². The number of nitrogens with two attached hydrogens (primary N) is 1. The average Bonchev–Trinajstić information content (AvgIpc) is 2.97. The molecule has 0 saturated carbocycles. The molecule has 110 valence electrons. The number of nitrogens with zero attached hydrogens (tertiary/aromatic N) is 3. The second kappa shape index (κ2) is 5.04. The van der Waals surface area contributed by atoms with Crippen molar-refractivity contribution in [3.63, 3.8) is 0 Å². The molecule has 0 unspecified atom stereocenters. The molecule has 0 radical (unpaired) electrons. The van der Waals surface area contributed by atoms with Crippen LogP contribution in [0.4, 0.5) is 5.13 Å². The van der Waals surface area contributed by atoms with Crippen LogP contribution in [0.25, 0.3) is 21.7 Å². The third-order valence-corrected chi connectivity index (χ3v) is 4.41. The van der Waals surface area contributed by atoms with Gasteiger partial charge in [-0.25, -0.2) is 9.97 Å². The quantitative estimate of drug-likeness (QED) is 0.802. The minimum Gasteiger partial charge on any atom is -0.497 e. The van der Waals surface area contributed by atoms with Gasteiger partial charge in [0.1, 0.15) is 5.75 Å². The molecule has 0 bridgehead atoms. The zero-order valence-corrected chi connectivity index (χ0v) is 13.4. The molecule has 0 amide bonds. The maximum Gasteiger partial charge on any atom is 0.180 e. The molecular formula is C15H18N4OS. The Kier molecular flexibility index (Phi) is 3.33. The van der Waals surface area contributed by atoms with Crippen molar-refractivity contribution in [1.82, 2.24) is 14.5 Å². The van der Waals surface area contributed by atoms with Crippen LogP contribution in [-0.2, 0) is 0 Å². The summed E-state index contributed by atoms with van der Waals surface area (Å²) >= 11 is 1.48. The number of aryl methyl sites for hydroxylation is 1. The lowest BCUT2D eigenvalue weighted by Gasteiger charge is -2.12. The number of thiazole rings is 1. The van der Waals surface area contributed by atoms with Crippen LogP contribution < -0.4 is 10.5 Å². The minimum atomic E-state index is 0.293. The molecule has 0 saturated heterocycles. The SMILES string of the molecule is COc1ccc2c(c1)nc(-c1sc(N)nc1C)n2C(C)C. The molecule has 3 rings (SSSR count). The van der Waals surface area contributed by atoms with E-state index in [0.717, 1.165) is 33.2 Å². The first kappa shape index (κ1) is 13.9. The zero-order chi connectivity index (χ0) is 15.1. The van der Waals surface area contributed by atoms with Gasteiger partial charge >= 0.3 is 0 Å². The van der Waals surface area contributed by atoms with E-state index < -0.39 is 0 Å². The number of benzene rings is 1. The Balaban J connectivity index is 2.31. The van der Waals surface area contributed by atoms with Gasteiger partial charge in [0.05, 0.1) is 28.7 Å². The molecule has 5 nitrogen and oxygen atoms in total. The number of ether oxygens (including phenoxy) is 1. The fourth-order valence-electron chi connectivity index (χ4n) is 2.51. The van der Waals surface area contributed by atoms with E-state index in [-0.39, 0.29) is 0 Å². The molecule has 2 aromatic heterocycles. The van der Waals surface area contributed by atoms with E-state index in [1.807, 2.05) is 25.1 Å². The summed E-state index contributed by atoms with van der Waals surface area (Å²) in [5.74, 6) is 1.72. The molecule has 0 aliphatic heterocycles. The van der Waals surface area contributed by atoms with E-state index in [1.165, 1.54) is 11.3 Å². The van der Waals surface area contributed by atoms with Crippen LogP contribution in [0.3, 0.4) is 0 Å². The third-order valence-electron chi connectivity index (χ3n) is 3.43. The molecule has 6 heteroatoms. The summed E-state index contributed by atoms with van der Waals surface area (Å²) in [4.78, 5) is 10.1. The van der Waals surface area contributed by atoms with E-state index in [4.69, 9.17) is 15.5 Å². The Hall–Kier alpha value is -2.08. The van der Waals surface area contributed by atoms with Gasteiger partial charge in [-0.2, -0.15) is 0 Å². The van der Waals surface area contributed by atoms with Gasteiger partial charge in [0.25, 0.3) is 0 Å². The van der Waals surface area contributed by atoms with Crippen molar-refractivity contribution in [2.75, 3.05) is 12.8 Å². The van der Waals surface area contributed by atoms with E-state index in [0.29, 0.717) is 11.2 Å². The molecule has 1 aromatic carbocycles. The first-order valence-electron chi connectivity index (χ1n) is 6.80. The standard InChI is InChI=1S/C15H18N4OS/c1-8(2)19-12-6-5-10(20-4)7-11(12)18-14(19)13-9(3)17-15(16)21-13/h5-8H,1-4H3,(H2,16,17). The van der Waals surface area contributed by atoms with E-state index in [1.54, 1.807) is 7.11 Å². The summed E-state index contributed by atoms with van der Waals surface area (Å²) in [7, 11) is 1.66. The van der Waals surface area contributed by atoms with Gasteiger partial charge in [0.2, 0.25) is 0 Å². The minimum absolute atomic E-state index is 0.293. The lowest BCUT2D eigenvalue weighted by Crippen LogP contribution is -2.02. The van der Waals surface area contributed by atoms with Gasteiger partial charge in [0.15, 0.2) is 11.0 Å². The van der Waals surface area contributed by atoms with Crippen LogP contribution >= 0.6 is 11.3 Å².